The van der Waals surface area contributed by atoms with Gasteiger partial charge in [-0.05, 0) is 44.1 Å². The number of rotatable bonds is 4. The monoisotopic (exact) mass is 271 g/mol. The Bertz CT molecular complexity index is 501. The molecule has 1 amide bonds. The fourth-order valence-electron chi connectivity index (χ4n) is 2.52. The largest absolute Gasteiger partial charge is 0.340 e. The van der Waals surface area contributed by atoms with E-state index in [0.717, 1.165) is 26.2 Å². The molecule has 0 aromatic heterocycles. The first-order valence-electron chi connectivity index (χ1n) is 7.18. The fraction of sp³-hybridized carbons (Fsp3) is 0.500. The summed E-state index contributed by atoms with van der Waals surface area (Å²) in [6.45, 7) is 3.95. The van der Waals surface area contributed by atoms with Crippen LogP contribution < -0.4 is 0 Å². The van der Waals surface area contributed by atoms with Gasteiger partial charge in [0.15, 0.2) is 0 Å². The third kappa shape index (κ3) is 3.82. The van der Waals surface area contributed by atoms with Crippen molar-refractivity contribution >= 4 is 5.91 Å². The Labute approximate surface area is 120 Å². The summed E-state index contributed by atoms with van der Waals surface area (Å²) < 4.78 is 0. The van der Waals surface area contributed by atoms with E-state index in [0.29, 0.717) is 11.1 Å². The van der Waals surface area contributed by atoms with Crippen molar-refractivity contribution in [2.75, 3.05) is 33.2 Å². The van der Waals surface area contributed by atoms with E-state index in [1.54, 1.807) is 29.2 Å². The van der Waals surface area contributed by atoms with Crippen LogP contribution in [0, 0.1) is 11.3 Å². The molecule has 0 spiro atoms. The molecule has 0 saturated carbocycles. The number of carbonyl (C=O) groups excluding carboxylic acids is 1. The predicted molar refractivity (Wildman–Crippen MR) is 78.4 cm³/mol. The molecule has 1 saturated heterocycles. The van der Waals surface area contributed by atoms with Crippen LogP contribution >= 0.6 is 0 Å². The minimum Gasteiger partial charge on any atom is -0.340 e. The lowest BCUT2D eigenvalue weighted by molar-refractivity contribution is 0.0773. The number of likely N-dealkylation sites (N-methyl/N-ethyl adjacent to an activating group) is 1. The second-order valence-corrected chi connectivity index (χ2v) is 5.32. The maximum Gasteiger partial charge on any atom is 0.253 e. The molecule has 2 rings (SSSR count). The summed E-state index contributed by atoms with van der Waals surface area (Å²) in [6.07, 6.45) is 3.86. The molecule has 0 N–H and O–H groups in total. The Balaban J connectivity index is 1.89. The smallest absolute Gasteiger partial charge is 0.253 e. The molecule has 0 bridgehead atoms. The summed E-state index contributed by atoms with van der Waals surface area (Å²) >= 11 is 0. The molecule has 106 valence electrons. The van der Waals surface area contributed by atoms with Crippen molar-refractivity contribution in [2.45, 2.75) is 19.3 Å². The standard InChI is InChI=1S/C16H21N3O/c1-18(10-11-19-8-3-2-4-9-19)16(20)15-7-5-6-14(12-15)13-17/h5-7,12H,2-4,8-11H2,1H3. The van der Waals surface area contributed by atoms with Crippen molar-refractivity contribution in [2.24, 2.45) is 0 Å². The van der Waals surface area contributed by atoms with Gasteiger partial charge in [-0.1, -0.05) is 12.5 Å². The van der Waals surface area contributed by atoms with Crippen molar-refractivity contribution in [1.82, 2.24) is 9.80 Å². The number of nitriles is 1. The van der Waals surface area contributed by atoms with Crippen molar-refractivity contribution in [3.63, 3.8) is 0 Å². The van der Waals surface area contributed by atoms with Gasteiger partial charge in [-0.15, -0.1) is 0 Å². The number of carbonyl (C=O) groups is 1. The predicted octanol–water partition coefficient (Wildman–Crippen LogP) is 2.12. The molecule has 1 aromatic carbocycles. The minimum atomic E-state index is -0.0147. The van der Waals surface area contributed by atoms with Crippen LogP contribution in [-0.2, 0) is 0 Å². The first kappa shape index (κ1) is 14.5. The molecule has 1 fully saturated rings. The summed E-state index contributed by atoms with van der Waals surface area (Å²) in [4.78, 5) is 16.4. The van der Waals surface area contributed by atoms with Gasteiger partial charge in [0.2, 0.25) is 0 Å². The van der Waals surface area contributed by atoms with Gasteiger partial charge in [-0.25, -0.2) is 0 Å². The SMILES string of the molecule is CN(CCN1CCCCC1)C(=O)c1cccc(C#N)c1. The molecule has 0 radical (unpaired) electrons. The van der Waals surface area contributed by atoms with Crippen LogP contribution in [0.2, 0.25) is 0 Å². The molecule has 1 aliphatic heterocycles. The van der Waals surface area contributed by atoms with Crippen LogP contribution in [0.5, 0.6) is 0 Å². The van der Waals surface area contributed by atoms with Gasteiger partial charge in [0.25, 0.3) is 5.91 Å². The number of piperidine rings is 1. The maximum absolute atomic E-state index is 12.3. The number of hydrogen-bond donors (Lipinski definition) is 0. The number of benzene rings is 1. The quantitative estimate of drug-likeness (QED) is 0.842. The number of nitrogens with zero attached hydrogens (tertiary/aromatic N) is 3. The fourth-order valence-corrected chi connectivity index (χ4v) is 2.52. The van der Waals surface area contributed by atoms with E-state index >= 15 is 0 Å². The Kier molecular flexibility index (Phi) is 5.14. The molecule has 4 heteroatoms. The van der Waals surface area contributed by atoms with Crippen LogP contribution in [0.3, 0.4) is 0 Å². The summed E-state index contributed by atoms with van der Waals surface area (Å²) in [5, 5.41) is 8.87. The number of amides is 1. The maximum atomic E-state index is 12.3. The zero-order chi connectivity index (χ0) is 14.4. The van der Waals surface area contributed by atoms with Gasteiger partial charge in [0.05, 0.1) is 11.6 Å². The van der Waals surface area contributed by atoms with Gasteiger partial charge in [-0.3, -0.25) is 4.79 Å². The normalized spacial score (nSPS) is 15.6. The second-order valence-electron chi connectivity index (χ2n) is 5.32. The molecule has 1 aliphatic rings. The summed E-state index contributed by atoms with van der Waals surface area (Å²) in [7, 11) is 1.82. The molecular formula is C16H21N3O. The number of hydrogen-bond acceptors (Lipinski definition) is 3. The van der Waals surface area contributed by atoms with Crippen LogP contribution in [0.1, 0.15) is 35.2 Å². The lowest BCUT2D eigenvalue weighted by Crippen LogP contribution is -2.38. The Hall–Kier alpha value is -1.86. The molecular weight excluding hydrogens is 250 g/mol. The highest BCUT2D eigenvalue weighted by Gasteiger charge is 2.15. The Morgan fingerprint density at radius 2 is 2.10 bits per heavy atom. The molecule has 0 unspecified atom stereocenters. The Morgan fingerprint density at radius 1 is 1.35 bits per heavy atom. The van der Waals surface area contributed by atoms with E-state index < -0.39 is 0 Å². The van der Waals surface area contributed by atoms with Crippen LogP contribution in [0.15, 0.2) is 24.3 Å². The molecule has 1 aromatic rings. The number of likely N-dealkylation sites (tertiary alicyclic amines) is 1. The summed E-state index contributed by atoms with van der Waals surface area (Å²) in [6, 6.07) is 8.95. The van der Waals surface area contributed by atoms with E-state index in [2.05, 4.69) is 11.0 Å². The van der Waals surface area contributed by atoms with E-state index in [9.17, 15) is 4.79 Å². The van der Waals surface area contributed by atoms with Crippen LogP contribution in [0.25, 0.3) is 0 Å². The van der Waals surface area contributed by atoms with Gasteiger partial charge in [0.1, 0.15) is 0 Å². The van der Waals surface area contributed by atoms with Crippen LogP contribution in [0.4, 0.5) is 0 Å². The van der Waals surface area contributed by atoms with Gasteiger partial charge >= 0.3 is 0 Å². The van der Waals surface area contributed by atoms with Crippen molar-refractivity contribution in [3.05, 3.63) is 35.4 Å². The van der Waals surface area contributed by atoms with E-state index in [1.807, 2.05) is 7.05 Å². The highest BCUT2D eigenvalue weighted by molar-refractivity contribution is 5.94. The molecule has 20 heavy (non-hydrogen) atoms. The highest BCUT2D eigenvalue weighted by atomic mass is 16.2. The van der Waals surface area contributed by atoms with Gasteiger partial charge in [-0.2, -0.15) is 5.26 Å². The average Bonchev–Trinajstić information content (AvgIpc) is 2.53. The molecule has 0 aliphatic carbocycles. The summed E-state index contributed by atoms with van der Waals surface area (Å²) in [5.74, 6) is -0.0147. The molecule has 4 nitrogen and oxygen atoms in total. The zero-order valence-corrected chi connectivity index (χ0v) is 12.0. The second kappa shape index (κ2) is 7.06. The first-order valence-corrected chi connectivity index (χ1v) is 7.18. The molecule has 1 heterocycles. The van der Waals surface area contributed by atoms with Crippen LogP contribution in [-0.4, -0.2) is 48.9 Å². The van der Waals surface area contributed by atoms with E-state index in [-0.39, 0.29) is 5.91 Å². The van der Waals surface area contributed by atoms with Crippen molar-refractivity contribution in [3.8, 4) is 6.07 Å². The topological polar surface area (TPSA) is 47.3 Å². The van der Waals surface area contributed by atoms with Crippen molar-refractivity contribution in [1.29, 1.82) is 5.26 Å². The first-order chi connectivity index (χ1) is 9.70. The van der Waals surface area contributed by atoms with Gasteiger partial charge in [0, 0.05) is 25.7 Å². The molecule has 0 atom stereocenters. The van der Waals surface area contributed by atoms with E-state index in [1.165, 1.54) is 19.3 Å². The highest BCUT2D eigenvalue weighted by Crippen LogP contribution is 2.10. The lowest BCUT2D eigenvalue weighted by atomic mass is 10.1. The van der Waals surface area contributed by atoms with Gasteiger partial charge < -0.3 is 9.80 Å². The van der Waals surface area contributed by atoms with E-state index in [4.69, 9.17) is 5.26 Å². The third-order valence-corrected chi connectivity index (χ3v) is 3.79. The summed E-state index contributed by atoms with van der Waals surface area (Å²) in [5.41, 5.74) is 1.12. The van der Waals surface area contributed by atoms with Crippen molar-refractivity contribution < 1.29 is 4.79 Å². The zero-order valence-electron chi connectivity index (χ0n) is 12.0. The Morgan fingerprint density at radius 3 is 2.80 bits per heavy atom. The average molecular weight is 271 g/mol. The third-order valence-electron chi connectivity index (χ3n) is 3.79. The minimum absolute atomic E-state index is 0.0147. The lowest BCUT2D eigenvalue weighted by Gasteiger charge is -2.28.